The molecular weight excluding hydrogens is 256 g/mol. The smallest absolute Gasteiger partial charge is 0.256 e. The Hall–Kier alpha value is -0.450. The van der Waals surface area contributed by atoms with Gasteiger partial charge in [0.15, 0.2) is 6.00 Å². The second-order valence-electron chi connectivity index (χ2n) is 2.18. The van der Waals surface area contributed by atoms with Crippen molar-refractivity contribution in [3.63, 3.8) is 0 Å². The van der Waals surface area contributed by atoms with Gasteiger partial charge in [-0.15, -0.1) is 14.1 Å². The SMILES string of the molecule is C[N+](C#N)(CCl)C(F)(Br)[N+](=O)[O-]. The average Bonchev–Trinajstić information content (AvgIpc) is 2.02. The molecular formula is C4H5BrClFN3O2+. The summed E-state index contributed by atoms with van der Waals surface area (Å²) >= 11 is 7.40. The van der Waals surface area contributed by atoms with E-state index in [4.69, 9.17) is 16.9 Å². The Balaban J connectivity index is 5.00. The number of nitriles is 1. The van der Waals surface area contributed by atoms with Crippen LogP contribution in [0.15, 0.2) is 0 Å². The molecule has 0 radical (unpaired) electrons. The van der Waals surface area contributed by atoms with Gasteiger partial charge in [-0.25, -0.2) is 0 Å². The maximum Gasteiger partial charge on any atom is 0.568 e. The summed E-state index contributed by atoms with van der Waals surface area (Å²) in [4.78, 5) is 5.83. The number of rotatable bonds is 3. The Morgan fingerprint density at radius 1 is 2.00 bits per heavy atom. The Morgan fingerprint density at radius 3 is 2.50 bits per heavy atom. The molecule has 0 amide bonds. The maximum absolute atomic E-state index is 13.1. The third-order valence-corrected chi connectivity index (χ3v) is 2.82. The fraction of sp³-hybridized carbons (Fsp3) is 0.750. The molecule has 0 rings (SSSR count). The number of halogens is 3. The predicted octanol–water partition coefficient (Wildman–Crippen LogP) is 1.36. The Kier molecular flexibility index (Phi) is 3.38. The van der Waals surface area contributed by atoms with E-state index < -0.39 is 20.2 Å². The van der Waals surface area contributed by atoms with Gasteiger partial charge in [0, 0.05) is 0 Å². The summed E-state index contributed by atoms with van der Waals surface area (Å²) in [6, 6.07) is -0.529. The van der Waals surface area contributed by atoms with Crippen LogP contribution in [0.25, 0.3) is 0 Å². The summed E-state index contributed by atoms with van der Waals surface area (Å²) in [6.45, 7) is 0. The molecule has 2 unspecified atom stereocenters. The molecule has 5 nitrogen and oxygen atoms in total. The summed E-state index contributed by atoms with van der Waals surface area (Å²) < 4.78 is 11.9. The first-order chi connectivity index (χ1) is 5.31. The van der Waals surface area contributed by atoms with Crippen LogP contribution in [0, 0.1) is 21.6 Å². The molecule has 0 N–H and O–H groups in total. The molecule has 0 saturated heterocycles. The minimum atomic E-state index is -3.07. The van der Waals surface area contributed by atoms with Crippen molar-refractivity contribution in [1.29, 1.82) is 5.26 Å². The first-order valence-corrected chi connectivity index (χ1v) is 4.00. The Morgan fingerprint density at radius 2 is 2.42 bits per heavy atom. The van der Waals surface area contributed by atoms with E-state index in [1.807, 2.05) is 0 Å². The largest absolute Gasteiger partial charge is 0.568 e. The van der Waals surface area contributed by atoms with E-state index >= 15 is 0 Å². The fourth-order valence-electron chi connectivity index (χ4n) is 0.339. The lowest BCUT2D eigenvalue weighted by molar-refractivity contribution is -0.986. The predicted molar refractivity (Wildman–Crippen MR) is 42.3 cm³/mol. The Labute approximate surface area is 81.2 Å². The highest BCUT2D eigenvalue weighted by molar-refractivity contribution is 9.09. The van der Waals surface area contributed by atoms with Crippen molar-refractivity contribution in [3.05, 3.63) is 10.1 Å². The van der Waals surface area contributed by atoms with Crippen LogP contribution in [-0.4, -0.2) is 27.3 Å². The zero-order valence-electron chi connectivity index (χ0n) is 6.00. The van der Waals surface area contributed by atoms with Gasteiger partial charge in [0.25, 0.3) is 0 Å². The molecule has 0 spiro atoms. The molecule has 68 valence electrons. The van der Waals surface area contributed by atoms with E-state index in [1.54, 1.807) is 0 Å². The molecule has 0 aliphatic rings. The molecule has 0 aliphatic carbocycles. The van der Waals surface area contributed by atoms with Crippen molar-refractivity contribution < 1.29 is 13.8 Å². The zero-order valence-corrected chi connectivity index (χ0v) is 8.34. The van der Waals surface area contributed by atoms with Gasteiger partial charge in [0.05, 0.1) is 7.05 Å². The standard InChI is InChI=1S/C4H5BrClFN3O2/c1-10(2-6,3-8)4(5,7)9(11)12/h2H2,1H3/q+1. The minimum Gasteiger partial charge on any atom is -0.256 e. The third kappa shape index (κ3) is 1.65. The molecule has 0 bridgehead atoms. The highest BCUT2D eigenvalue weighted by Crippen LogP contribution is 2.31. The van der Waals surface area contributed by atoms with Gasteiger partial charge in [-0.3, -0.25) is 10.1 Å². The Bertz CT molecular complexity index is 243. The molecule has 12 heavy (non-hydrogen) atoms. The first kappa shape index (κ1) is 11.6. The van der Waals surface area contributed by atoms with Crippen molar-refractivity contribution in [3.8, 4) is 6.19 Å². The summed E-state index contributed by atoms with van der Waals surface area (Å²) in [5.41, 5.74) is 0. The second kappa shape index (κ2) is 3.51. The van der Waals surface area contributed by atoms with E-state index in [2.05, 4.69) is 15.9 Å². The molecule has 0 aromatic rings. The molecule has 0 heterocycles. The van der Waals surface area contributed by atoms with Gasteiger partial charge in [-0.1, -0.05) is 11.6 Å². The van der Waals surface area contributed by atoms with Crippen LogP contribution in [0.3, 0.4) is 0 Å². The first-order valence-electron chi connectivity index (χ1n) is 2.67. The van der Waals surface area contributed by atoms with Crippen molar-refractivity contribution in [2.45, 2.75) is 4.83 Å². The number of hydrogen-bond donors (Lipinski definition) is 0. The normalized spacial score (nSPS) is 20.2. The highest BCUT2D eigenvalue weighted by atomic mass is 79.9. The van der Waals surface area contributed by atoms with Gasteiger partial charge in [-0.05, 0) is 0 Å². The molecule has 0 aliphatic heterocycles. The molecule has 0 fully saturated rings. The van der Waals surface area contributed by atoms with Crippen LogP contribution in [0.5, 0.6) is 0 Å². The number of alkyl halides is 3. The quantitative estimate of drug-likeness (QED) is 0.146. The lowest BCUT2D eigenvalue weighted by Crippen LogP contribution is -2.56. The number of hydrogen-bond acceptors (Lipinski definition) is 3. The topological polar surface area (TPSA) is 66.9 Å². The average molecular weight is 261 g/mol. The van der Waals surface area contributed by atoms with E-state index in [0.717, 1.165) is 7.05 Å². The van der Waals surface area contributed by atoms with Crippen molar-refractivity contribution >= 4 is 27.5 Å². The van der Waals surface area contributed by atoms with Gasteiger partial charge in [0.1, 0.15) is 20.9 Å². The van der Waals surface area contributed by atoms with Crippen LogP contribution in [0.4, 0.5) is 4.39 Å². The number of nitrogens with zero attached hydrogens (tertiary/aromatic N) is 3. The summed E-state index contributed by atoms with van der Waals surface area (Å²) in [6.07, 6.45) is 1.39. The minimum absolute atomic E-state index is 0.529. The molecule has 0 aromatic heterocycles. The summed E-state index contributed by atoms with van der Waals surface area (Å²) in [5.74, 6) is 0. The van der Waals surface area contributed by atoms with E-state index in [-0.39, 0.29) is 0 Å². The monoisotopic (exact) mass is 260 g/mol. The lowest BCUT2D eigenvalue weighted by atomic mass is 10.6. The van der Waals surface area contributed by atoms with E-state index in [9.17, 15) is 14.5 Å². The number of quaternary nitrogens is 1. The second-order valence-corrected chi connectivity index (χ2v) is 3.43. The van der Waals surface area contributed by atoms with Crippen molar-refractivity contribution in [2.75, 3.05) is 13.1 Å². The fourth-order valence-corrected chi connectivity index (χ4v) is 0.900. The van der Waals surface area contributed by atoms with E-state index in [0.29, 0.717) is 0 Å². The highest BCUT2D eigenvalue weighted by Gasteiger charge is 2.60. The van der Waals surface area contributed by atoms with Crippen LogP contribution in [0.2, 0.25) is 0 Å². The van der Waals surface area contributed by atoms with Gasteiger partial charge in [-0.2, -0.15) is 0 Å². The third-order valence-electron chi connectivity index (χ3n) is 1.27. The van der Waals surface area contributed by atoms with Crippen molar-refractivity contribution in [1.82, 2.24) is 0 Å². The summed E-state index contributed by atoms with van der Waals surface area (Å²) in [5, 5.41) is 18.6. The van der Waals surface area contributed by atoms with Crippen molar-refractivity contribution in [2.24, 2.45) is 0 Å². The zero-order chi connectivity index (χ0) is 9.99. The summed E-state index contributed by atoms with van der Waals surface area (Å²) in [7, 11) is 1.00. The molecule has 2 atom stereocenters. The number of nitro groups is 1. The van der Waals surface area contributed by atoms with Gasteiger partial charge in [0.2, 0.25) is 0 Å². The lowest BCUT2D eigenvalue weighted by Gasteiger charge is -2.24. The van der Waals surface area contributed by atoms with Crippen LogP contribution in [-0.2, 0) is 0 Å². The molecule has 0 saturated carbocycles. The molecule has 8 heteroatoms. The van der Waals surface area contributed by atoms with E-state index in [1.165, 1.54) is 6.19 Å². The molecule has 0 aromatic carbocycles. The van der Waals surface area contributed by atoms with Crippen LogP contribution < -0.4 is 0 Å². The van der Waals surface area contributed by atoms with Crippen LogP contribution >= 0.6 is 27.5 Å². The van der Waals surface area contributed by atoms with Gasteiger partial charge < -0.3 is 0 Å². The van der Waals surface area contributed by atoms with Crippen LogP contribution in [0.1, 0.15) is 0 Å². The maximum atomic E-state index is 13.1. The van der Waals surface area contributed by atoms with Gasteiger partial charge >= 0.3 is 11.0 Å².